The smallest absolute Gasteiger partial charge is 0.324 e. The lowest BCUT2D eigenvalue weighted by atomic mass is 10.1. The zero-order chi connectivity index (χ0) is 13.7. The molecule has 0 aliphatic carbocycles. The van der Waals surface area contributed by atoms with E-state index in [1.807, 2.05) is 11.9 Å². The Labute approximate surface area is 109 Å². The molecule has 0 radical (unpaired) electrons. The van der Waals surface area contributed by atoms with Crippen LogP contribution in [0.3, 0.4) is 0 Å². The minimum atomic E-state index is -0.615. The first-order chi connectivity index (χ1) is 8.43. The highest BCUT2D eigenvalue weighted by Crippen LogP contribution is 2.17. The number of esters is 1. The monoisotopic (exact) mass is 250 g/mol. The summed E-state index contributed by atoms with van der Waals surface area (Å²) in [6.45, 7) is 6.69. The van der Waals surface area contributed by atoms with Crippen molar-refractivity contribution in [3.05, 3.63) is 29.3 Å². The van der Waals surface area contributed by atoms with E-state index in [1.54, 1.807) is 6.92 Å². The molecule has 0 heterocycles. The first kappa shape index (κ1) is 14.5. The van der Waals surface area contributed by atoms with E-state index in [4.69, 9.17) is 10.5 Å². The van der Waals surface area contributed by atoms with Crippen LogP contribution in [-0.4, -0.2) is 32.2 Å². The molecule has 1 aromatic rings. The first-order valence-corrected chi connectivity index (χ1v) is 6.15. The predicted octanol–water partition coefficient (Wildman–Crippen LogP) is 1.63. The summed E-state index contributed by atoms with van der Waals surface area (Å²) in [5.41, 5.74) is 9.26. The van der Waals surface area contributed by atoms with Crippen molar-refractivity contribution in [1.29, 1.82) is 0 Å². The highest BCUT2D eigenvalue weighted by molar-refractivity contribution is 5.76. The van der Waals surface area contributed by atoms with Crippen LogP contribution in [0.25, 0.3) is 0 Å². The van der Waals surface area contributed by atoms with Crippen LogP contribution in [0.4, 0.5) is 5.69 Å². The summed E-state index contributed by atoms with van der Waals surface area (Å²) in [7, 11) is 1.92. The van der Waals surface area contributed by atoms with Gasteiger partial charge in [-0.3, -0.25) is 4.79 Å². The molecule has 0 saturated carbocycles. The number of carbonyl (C=O) groups is 1. The van der Waals surface area contributed by atoms with Gasteiger partial charge in [0.05, 0.1) is 6.61 Å². The number of hydrogen-bond acceptors (Lipinski definition) is 4. The second kappa shape index (κ2) is 6.40. The molecule has 0 bridgehead atoms. The number of anilines is 1. The van der Waals surface area contributed by atoms with E-state index in [9.17, 15) is 4.79 Å². The fraction of sp³-hybridized carbons (Fsp3) is 0.500. The van der Waals surface area contributed by atoms with Crippen LogP contribution in [-0.2, 0) is 9.53 Å². The lowest BCUT2D eigenvalue weighted by Gasteiger charge is -2.23. The molecule has 100 valence electrons. The Balaban J connectivity index is 2.69. The third kappa shape index (κ3) is 4.04. The number of likely N-dealkylation sites (N-methyl/N-ethyl adjacent to an activating group) is 1. The molecule has 0 aromatic heterocycles. The number of nitrogens with zero attached hydrogens (tertiary/aromatic N) is 1. The standard InChI is InChI=1S/C14H22N2O2/c1-5-18-14(17)13(15)9-16(4)12-7-10(2)6-11(3)8-12/h6-8,13H,5,9,15H2,1-4H3. The largest absolute Gasteiger partial charge is 0.465 e. The van der Waals surface area contributed by atoms with Gasteiger partial charge in [-0.1, -0.05) is 6.07 Å². The van der Waals surface area contributed by atoms with Gasteiger partial charge in [0, 0.05) is 19.3 Å². The summed E-state index contributed by atoms with van der Waals surface area (Å²) >= 11 is 0. The molecule has 1 atom stereocenters. The quantitative estimate of drug-likeness (QED) is 0.807. The topological polar surface area (TPSA) is 55.6 Å². The van der Waals surface area contributed by atoms with Gasteiger partial charge in [-0.2, -0.15) is 0 Å². The van der Waals surface area contributed by atoms with Crippen molar-refractivity contribution in [3.63, 3.8) is 0 Å². The van der Waals surface area contributed by atoms with E-state index >= 15 is 0 Å². The highest BCUT2D eigenvalue weighted by Gasteiger charge is 2.17. The Morgan fingerprint density at radius 1 is 1.33 bits per heavy atom. The number of carbonyl (C=O) groups excluding carboxylic acids is 1. The van der Waals surface area contributed by atoms with Crippen LogP contribution in [0.15, 0.2) is 18.2 Å². The average molecular weight is 250 g/mol. The molecular weight excluding hydrogens is 228 g/mol. The predicted molar refractivity (Wildman–Crippen MR) is 73.8 cm³/mol. The summed E-state index contributed by atoms with van der Waals surface area (Å²) in [5.74, 6) is -0.353. The molecule has 0 spiro atoms. The van der Waals surface area contributed by atoms with E-state index in [0.29, 0.717) is 13.2 Å². The van der Waals surface area contributed by atoms with Crippen LogP contribution in [0.1, 0.15) is 18.1 Å². The van der Waals surface area contributed by atoms with Crippen LogP contribution in [0.2, 0.25) is 0 Å². The molecule has 1 rings (SSSR count). The molecule has 4 nitrogen and oxygen atoms in total. The van der Waals surface area contributed by atoms with Gasteiger partial charge in [0.1, 0.15) is 6.04 Å². The summed E-state index contributed by atoms with van der Waals surface area (Å²) < 4.78 is 4.90. The van der Waals surface area contributed by atoms with Gasteiger partial charge >= 0.3 is 5.97 Å². The molecule has 0 amide bonds. The van der Waals surface area contributed by atoms with Crippen molar-refractivity contribution >= 4 is 11.7 Å². The maximum Gasteiger partial charge on any atom is 0.324 e. The molecule has 2 N–H and O–H groups in total. The van der Waals surface area contributed by atoms with Crippen LogP contribution in [0, 0.1) is 13.8 Å². The van der Waals surface area contributed by atoms with E-state index in [1.165, 1.54) is 11.1 Å². The number of benzene rings is 1. The summed E-state index contributed by atoms with van der Waals surface area (Å²) in [4.78, 5) is 13.4. The van der Waals surface area contributed by atoms with Crippen molar-refractivity contribution in [3.8, 4) is 0 Å². The second-order valence-electron chi connectivity index (χ2n) is 4.58. The van der Waals surface area contributed by atoms with Gasteiger partial charge in [-0.05, 0) is 44.0 Å². The number of nitrogens with two attached hydrogens (primary N) is 1. The second-order valence-corrected chi connectivity index (χ2v) is 4.58. The maximum atomic E-state index is 11.5. The van der Waals surface area contributed by atoms with Crippen molar-refractivity contribution in [2.24, 2.45) is 5.73 Å². The summed E-state index contributed by atoms with van der Waals surface area (Å²) in [6, 6.07) is 5.65. The van der Waals surface area contributed by atoms with E-state index in [0.717, 1.165) is 5.69 Å². The molecule has 1 aromatic carbocycles. The Kier molecular flexibility index (Phi) is 5.16. The highest BCUT2D eigenvalue weighted by atomic mass is 16.5. The van der Waals surface area contributed by atoms with Gasteiger partial charge < -0.3 is 15.4 Å². The molecule has 0 aliphatic heterocycles. The molecular formula is C14H22N2O2. The number of aryl methyl sites for hydroxylation is 2. The molecule has 4 heteroatoms. The molecule has 0 aliphatic rings. The third-order valence-corrected chi connectivity index (χ3v) is 2.71. The molecule has 1 unspecified atom stereocenters. The average Bonchev–Trinajstić information content (AvgIpc) is 2.27. The third-order valence-electron chi connectivity index (χ3n) is 2.71. The zero-order valence-corrected chi connectivity index (χ0v) is 11.6. The Morgan fingerprint density at radius 2 is 1.89 bits per heavy atom. The van der Waals surface area contributed by atoms with Gasteiger partial charge in [0.25, 0.3) is 0 Å². The summed E-state index contributed by atoms with van der Waals surface area (Å²) in [5, 5.41) is 0. The fourth-order valence-electron chi connectivity index (χ4n) is 1.90. The lowest BCUT2D eigenvalue weighted by Crippen LogP contribution is -2.42. The first-order valence-electron chi connectivity index (χ1n) is 6.15. The van der Waals surface area contributed by atoms with E-state index < -0.39 is 6.04 Å². The van der Waals surface area contributed by atoms with Crippen LogP contribution >= 0.6 is 0 Å². The fourth-order valence-corrected chi connectivity index (χ4v) is 1.90. The minimum Gasteiger partial charge on any atom is -0.465 e. The SMILES string of the molecule is CCOC(=O)C(N)CN(C)c1cc(C)cc(C)c1. The van der Waals surface area contributed by atoms with Crippen molar-refractivity contribution in [2.45, 2.75) is 26.8 Å². The summed E-state index contributed by atoms with van der Waals surface area (Å²) in [6.07, 6.45) is 0. The van der Waals surface area contributed by atoms with Crippen molar-refractivity contribution in [2.75, 3.05) is 25.1 Å². The minimum absolute atomic E-state index is 0.353. The number of ether oxygens (including phenoxy) is 1. The Bertz CT molecular complexity index is 398. The number of hydrogen-bond donors (Lipinski definition) is 1. The van der Waals surface area contributed by atoms with Crippen LogP contribution in [0.5, 0.6) is 0 Å². The van der Waals surface area contributed by atoms with E-state index in [-0.39, 0.29) is 5.97 Å². The Morgan fingerprint density at radius 3 is 2.39 bits per heavy atom. The molecule has 18 heavy (non-hydrogen) atoms. The van der Waals surface area contributed by atoms with E-state index in [2.05, 4.69) is 32.0 Å². The van der Waals surface area contributed by atoms with Crippen LogP contribution < -0.4 is 10.6 Å². The lowest BCUT2D eigenvalue weighted by molar-refractivity contribution is -0.144. The number of rotatable bonds is 5. The van der Waals surface area contributed by atoms with Gasteiger partial charge in [-0.15, -0.1) is 0 Å². The Hall–Kier alpha value is -1.55. The maximum absolute atomic E-state index is 11.5. The zero-order valence-electron chi connectivity index (χ0n) is 11.6. The molecule has 0 saturated heterocycles. The van der Waals surface area contributed by atoms with Crippen molar-refractivity contribution < 1.29 is 9.53 Å². The molecule has 0 fully saturated rings. The van der Waals surface area contributed by atoms with Gasteiger partial charge in [-0.25, -0.2) is 0 Å². The van der Waals surface area contributed by atoms with Gasteiger partial charge in [0.15, 0.2) is 0 Å². The van der Waals surface area contributed by atoms with Crippen molar-refractivity contribution in [1.82, 2.24) is 0 Å². The van der Waals surface area contributed by atoms with Gasteiger partial charge in [0.2, 0.25) is 0 Å². The normalized spacial score (nSPS) is 12.1.